The first-order chi connectivity index (χ1) is 16.4. The molecule has 0 amide bonds. The molecule has 4 aromatic rings. The molecule has 0 saturated carbocycles. The van der Waals surface area contributed by atoms with Crippen LogP contribution in [0.15, 0.2) is 97.1 Å². The van der Waals surface area contributed by atoms with Crippen LogP contribution in [0.3, 0.4) is 0 Å². The van der Waals surface area contributed by atoms with Crippen LogP contribution >= 0.6 is 0 Å². The molecule has 0 radical (unpaired) electrons. The standard InChI is InChI=1S/C31H32O3/c1-3-20-31(26-10-16-29(33)17-11-26,27-12-18-30(34)19-13-27)25-8-4-23(5-9-25)21-22(2)24-6-14-28(32)15-7-24/h4-19,22,32-34H,3,20-21H2,1-2H3. The second-order valence-electron chi connectivity index (χ2n) is 9.14. The van der Waals surface area contributed by atoms with E-state index < -0.39 is 5.41 Å². The Morgan fingerprint density at radius 2 is 0.971 bits per heavy atom. The molecule has 3 heteroatoms. The smallest absolute Gasteiger partial charge is 0.115 e. The largest absolute Gasteiger partial charge is 0.508 e. The average Bonchev–Trinajstić information content (AvgIpc) is 2.85. The predicted molar refractivity (Wildman–Crippen MR) is 138 cm³/mol. The first kappa shape index (κ1) is 23.4. The molecular formula is C31H32O3. The summed E-state index contributed by atoms with van der Waals surface area (Å²) in [6.07, 6.45) is 2.78. The first-order valence-electron chi connectivity index (χ1n) is 11.9. The molecule has 0 saturated heterocycles. The molecule has 174 valence electrons. The molecular weight excluding hydrogens is 420 g/mol. The van der Waals surface area contributed by atoms with Crippen LogP contribution in [0, 0.1) is 0 Å². The van der Waals surface area contributed by atoms with E-state index in [1.807, 2.05) is 36.4 Å². The normalized spacial score (nSPS) is 12.4. The van der Waals surface area contributed by atoms with Crippen LogP contribution in [0.5, 0.6) is 17.2 Å². The van der Waals surface area contributed by atoms with Gasteiger partial charge in [0.05, 0.1) is 0 Å². The fourth-order valence-corrected chi connectivity index (χ4v) is 5.00. The van der Waals surface area contributed by atoms with Gasteiger partial charge in [0.1, 0.15) is 17.2 Å². The van der Waals surface area contributed by atoms with Crippen LogP contribution in [0.2, 0.25) is 0 Å². The molecule has 4 rings (SSSR count). The Balaban J connectivity index is 1.73. The SMILES string of the molecule is CCCC(c1ccc(O)cc1)(c1ccc(O)cc1)c1ccc(CC(C)c2ccc(O)cc2)cc1. The summed E-state index contributed by atoms with van der Waals surface area (Å²) in [6, 6.07) is 31.3. The van der Waals surface area contributed by atoms with Gasteiger partial charge in [-0.1, -0.05) is 80.9 Å². The van der Waals surface area contributed by atoms with Gasteiger partial charge >= 0.3 is 0 Å². The van der Waals surface area contributed by atoms with Crippen molar-refractivity contribution in [3.8, 4) is 17.2 Å². The lowest BCUT2D eigenvalue weighted by molar-refractivity contribution is 0.472. The Labute approximate surface area is 202 Å². The lowest BCUT2D eigenvalue weighted by Crippen LogP contribution is -2.29. The maximum atomic E-state index is 9.91. The summed E-state index contributed by atoms with van der Waals surface area (Å²) in [6.45, 7) is 4.39. The Morgan fingerprint density at radius 3 is 1.38 bits per heavy atom. The maximum absolute atomic E-state index is 9.91. The van der Waals surface area contributed by atoms with E-state index in [-0.39, 0.29) is 17.2 Å². The number of hydrogen-bond donors (Lipinski definition) is 3. The molecule has 0 aliphatic heterocycles. The fourth-order valence-electron chi connectivity index (χ4n) is 5.00. The van der Waals surface area contributed by atoms with E-state index >= 15 is 0 Å². The van der Waals surface area contributed by atoms with E-state index in [2.05, 4.69) is 38.1 Å². The molecule has 1 unspecified atom stereocenters. The van der Waals surface area contributed by atoms with Gasteiger partial charge in [-0.15, -0.1) is 0 Å². The number of benzene rings is 4. The van der Waals surface area contributed by atoms with Crippen molar-refractivity contribution in [1.82, 2.24) is 0 Å². The lowest BCUT2D eigenvalue weighted by Gasteiger charge is -2.36. The Bertz CT molecular complexity index is 1150. The fraction of sp³-hybridized carbons (Fsp3) is 0.226. The number of phenolic OH excluding ortho intramolecular Hbond substituents is 3. The van der Waals surface area contributed by atoms with Crippen molar-refractivity contribution in [2.24, 2.45) is 0 Å². The second-order valence-corrected chi connectivity index (χ2v) is 9.14. The number of rotatable bonds is 8. The Kier molecular flexibility index (Phi) is 6.93. The highest BCUT2D eigenvalue weighted by Gasteiger charge is 2.35. The van der Waals surface area contributed by atoms with Crippen molar-refractivity contribution >= 4 is 0 Å². The van der Waals surface area contributed by atoms with Crippen LogP contribution in [0.25, 0.3) is 0 Å². The predicted octanol–water partition coefficient (Wildman–Crippen LogP) is 7.28. The van der Waals surface area contributed by atoms with Crippen LogP contribution < -0.4 is 0 Å². The van der Waals surface area contributed by atoms with Gasteiger partial charge in [-0.25, -0.2) is 0 Å². The highest BCUT2D eigenvalue weighted by Crippen LogP contribution is 2.44. The molecule has 34 heavy (non-hydrogen) atoms. The highest BCUT2D eigenvalue weighted by atomic mass is 16.3. The number of aromatic hydroxyl groups is 3. The zero-order valence-corrected chi connectivity index (χ0v) is 19.8. The molecule has 0 bridgehead atoms. The molecule has 0 fully saturated rings. The second kappa shape index (κ2) is 10.0. The van der Waals surface area contributed by atoms with E-state index in [0.717, 1.165) is 30.4 Å². The van der Waals surface area contributed by atoms with Crippen LogP contribution in [0.1, 0.15) is 60.4 Å². The molecule has 4 aromatic carbocycles. The van der Waals surface area contributed by atoms with Gasteiger partial charge < -0.3 is 15.3 Å². The molecule has 0 heterocycles. The summed E-state index contributed by atoms with van der Waals surface area (Å²) in [5.41, 5.74) is 5.48. The van der Waals surface area contributed by atoms with E-state index in [1.54, 1.807) is 36.4 Å². The Morgan fingerprint density at radius 1 is 0.588 bits per heavy atom. The van der Waals surface area contributed by atoms with Crippen molar-refractivity contribution in [2.45, 2.75) is 44.4 Å². The summed E-state index contributed by atoms with van der Waals surface area (Å²) in [7, 11) is 0. The molecule has 3 N–H and O–H groups in total. The number of phenols is 3. The van der Waals surface area contributed by atoms with E-state index in [4.69, 9.17) is 0 Å². The van der Waals surface area contributed by atoms with E-state index in [1.165, 1.54) is 16.7 Å². The molecule has 1 atom stereocenters. The maximum Gasteiger partial charge on any atom is 0.115 e. The number of hydrogen-bond acceptors (Lipinski definition) is 3. The van der Waals surface area contributed by atoms with Crippen molar-refractivity contribution in [1.29, 1.82) is 0 Å². The van der Waals surface area contributed by atoms with Gasteiger partial charge in [0.2, 0.25) is 0 Å². The van der Waals surface area contributed by atoms with Crippen molar-refractivity contribution in [2.75, 3.05) is 0 Å². The minimum atomic E-state index is -0.392. The quantitative estimate of drug-likeness (QED) is 0.246. The third-order valence-electron chi connectivity index (χ3n) is 6.80. The Hall–Kier alpha value is -3.72. The van der Waals surface area contributed by atoms with Crippen LogP contribution in [-0.4, -0.2) is 15.3 Å². The van der Waals surface area contributed by atoms with Gasteiger partial charge in [-0.2, -0.15) is 0 Å². The first-order valence-corrected chi connectivity index (χ1v) is 11.9. The lowest BCUT2D eigenvalue weighted by atomic mass is 9.66. The molecule has 0 aliphatic rings. The van der Waals surface area contributed by atoms with Crippen molar-refractivity contribution in [3.63, 3.8) is 0 Å². The van der Waals surface area contributed by atoms with E-state index in [0.29, 0.717) is 5.92 Å². The van der Waals surface area contributed by atoms with Gasteiger partial charge in [0, 0.05) is 5.41 Å². The zero-order chi connectivity index (χ0) is 24.1. The zero-order valence-electron chi connectivity index (χ0n) is 19.8. The van der Waals surface area contributed by atoms with Crippen molar-refractivity contribution in [3.05, 3.63) is 125 Å². The van der Waals surface area contributed by atoms with Gasteiger partial charge in [0.25, 0.3) is 0 Å². The minimum absolute atomic E-state index is 0.249. The summed E-state index contributed by atoms with van der Waals surface area (Å²) in [5, 5.41) is 29.4. The van der Waals surface area contributed by atoms with Gasteiger partial charge in [-0.3, -0.25) is 0 Å². The summed E-state index contributed by atoms with van der Waals surface area (Å²) < 4.78 is 0. The highest BCUT2D eigenvalue weighted by molar-refractivity contribution is 5.52. The minimum Gasteiger partial charge on any atom is -0.508 e. The molecule has 0 aromatic heterocycles. The van der Waals surface area contributed by atoms with Gasteiger partial charge in [-0.05, 0) is 83.0 Å². The molecule has 3 nitrogen and oxygen atoms in total. The third-order valence-corrected chi connectivity index (χ3v) is 6.80. The molecule has 0 spiro atoms. The van der Waals surface area contributed by atoms with Gasteiger partial charge in [0.15, 0.2) is 0 Å². The van der Waals surface area contributed by atoms with Crippen LogP contribution in [-0.2, 0) is 11.8 Å². The van der Waals surface area contributed by atoms with Crippen molar-refractivity contribution < 1.29 is 15.3 Å². The summed E-state index contributed by atoms with van der Waals surface area (Å²) in [5.74, 6) is 1.12. The summed E-state index contributed by atoms with van der Waals surface area (Å²) >= 11 is 0. The monoisotopic (exact) mass is 452 g/mol. The summed E-state index contributed by atoms with van der Waals surface area (Å²) in [4.78, 5) is 0. The van der Waals surface area contributed by atoms with Crippen LogP contribution in [0.4, 0.5) is 0 Å². The topological polar surface area (TPSA) is 60.7 Å². The van der Waals surface area contributed by atoms with E-state index in [9.17, 15) is 15.3 Å². The third kappa shape index (κ3) is 4.79. The average molecular weight is 453 g/mol. The molecule has 0 aliphatic carbocycles.